The molecule has 0 bridgehead atoms. The van der Waals surface area contributed by atoms with Crippen molar-refractivity contribution in [3.63, 3.8) is 0 Å². The lowest BCUT2D eigenvalue weighted by Crippen LogP contribution is -2.48. The molecule has 1 N–H and O–H groups in total. The van der Waals surface area contributed by atoms with E-state index in [0.29, 0.717) is 12.4 Å². The van der Waals surface area contributed by atoms with Gasteiger partial charge in [-0.25, -0.2) is 15.2 Å². The van der Waals surface area contributed by atoms with Crippen molar-refractivity contribution < 1.29 is 9.53 Å². The molecule has 0 aromatic carbocycles. The third kappa shape index (κ3) is 6.39. The third-order valence-electron chi connectivity index (χ3n) is 2.28. The number of hydrazine groups is 1. The fourth-order valence-electron chi connectivity index (χ4n) is 1.62. The highest BCUT2D eigenvalue weighted by Gasteiger charge is 2.23. The molecule has 0 aliphatic heterocycles. The van der Waals surface area contributed by atoms with Gasteiger partial charge in [0, 0.05) is 18.8 Å². The van der Waals surface area contributed by atoms with Crippen molar-refractivity contribution in [2.75, 3.05) is 11.6 Å². The molecule has 0 spiro atoms. The number of aromatic nitrogens is 2. The molecule has 0 atom stereocenters. The molecule has 0 fully saturated rings. The van der Waals surface area contributed by atoms with Crippen molar-refractivity contribution in [2.24, 2.45) is 5.41 Å². The maximum Gasteiger partial charge on any atom is 0.426 e. The number of nitriles is 1. The fraction of sp³-hybridized carbons (Fsp3) is 0.600. The van der Waals surface area contributed by atoms with Crippen molar-refractivity contribution in [3.05, 3.63) is 18.1 Å². The number of hydrogen-bond donors (Lipinski definition) is 1. The van der Waals surface area contributed by atoms with Crippen LogP contribution in [0, 0.1) is 16.7 Å². The molecule has 0 radical (unpaired) electrons. The summed E-state index contributed by atoms with van der Waals surface area (Å²) >= 11 is 0. The second-order valence-electron chi connectivity index (χ2n) is 7.11. The van der Waals surface area contributed by atoms with Crippen LogP contribution in [0.25, 0.3) is 0 Å². The first-order chi connectivity index (χ1) is 10.00. The van der Waals surface area contributed by atoms with Crippen LogP contribution in [0.15, 0.2) is 12.3 Å². The van der Waals surface area contributed by atoms with Gasteiger partial charge < -0.3 is 4.74 Å². The van der Waals surface area contributed by atoms with E-state index in [1.165, 1.54) is 6.20 Å². The Morgan fingerprint density at radius 2 is 2.00 bits per heavy atom. The van der Waals surface area contributed by atoms with Crippen LogP contribution in [0.4, 0.5) is 10.6 Å². The average molecular weight is 305 g/mol. The summed E-state index contributed by atoms with van der Waals surface area (Å²) < 4.78 is 5.26. The van der Waals surface area contributed by atoms with Crippen molar-refractivity contribution in [1.82, 2.24) is 15.4 Å². The van der Waals surface area contributed by atoms with Crippen LogP contribution >= 0.6 is 0 Å². The fourth-order valence-corrected chi connectivity index (χ4v) is 1.62. The van der Waals surface area contributed by atoms with Crippen LogP contribution in [0.2, 0.25) is 0 Å². The van der Waals surface area contributed by atoms with Crippen LogP contribution in [0.5, 0.6) is 0 Å². The van der Waals surface area contributed by atoms with E-state index in [-0.39, 0.29) is 11.2 Å². The summed E-state index contributed by atoms with van der Waals surface area (Å²) in [5.41, 5.74) is 1.97. The van der Waals surface area contributed by atoms with Gasteiger partial charge in [-0.15, -0.1) is 0 Å². The summed E-state index contributed by atoms with van der Waals surface area (Å²) in [6, 6.07) is 3.51. The number of hydrogen-bond acceptors (Lipinski definition) is 6. The van der Waals surface area contributed by atoms with Crippen molar-refractivity contribution in [2.45, 2.75) is 47.1 Å². The van der Waals surface area contributed by atoms with E-state index in [2.05, 4.69) is 15.4 Å². The van der Waals surface area contributed by atoms with Gasteiger partial charge in [0.15, 0.2) is 5.82 Å². The number of rotatable bonds is 3. The zero-order valence-electron chi connectivity index (χ0n) is 14.0. The predicted molar refractivity (Wildman–Crippen MR) is 82.9 cm³/mol. The molecule has 1 rings (SSSR count). The highest BCUT2D eigenvalue weighted by molar-refractivity contribution is 5.70. The molecule has 0 unspecified atom stereocenters. The summed E-state index contributed by atoms with van der Waals surface area (Å²) in [4.78, 5) is 19.9. The summed E-state index contributed by atoms with van der Waals surface area (Å²) in [7, 11) is 0. The molecule has 0 aliphatic rings. The third-order valence-corrected chi connectivity index (χ3v) is 2.28. The molecule has 1 aromatic heterocycles. The maximum absolute atomic E-state index is 12.0. The van der Waals surface area contributed by atoms with Crippen LogP contribution in [-0.4, -0.2) is 28.2 Å². The number of ether oxygens (including phenoxy) is 1. The Hall–Kier alpha value is -2.36. The lowest BCUT2D eigenvalue weighted by Gasteiger charge is -2.31. The monoisotopic (exact) mass is 305 g/mol. The number of nitrogens with zero attached hydrogens (tertiary/aromatic N) is 4. The van der Waals surface area contributed by atoms with Gasteiger partial charge in [-0.05, 0) is 26.2 Å². The first-order valence-electron chi connectivity index (χ1n) is 7.00. The molecule has 0 saturated heterocycles. The standard InChI is InChI=1S/C15H23N5O2/c1-14(2,3)10-20(19-13(21)22-15(4,5)6)12-7-8-17-11(9-16)18-12/h7-8H,10H2,1-6H3,(H,19,21). The molecule has 1 aromatic rings. The van der Waals surface area contributed by atoms with Gasteiger partial charge in [-0.3, -0.25) is 5.01 Å². The highest BCUT2D eigenvalue weighted by atomic mass is 16.6. The SMILES string of the molecule is CC(C)(C)CN(NC(=O)OC(C)(C)C)c1ccnc(C#N)n1. The van der Waals surface area contributed by atoms with Gasteiger partial charge in [0.2, 0.25) is 5.82 Å². The zero-order chi connectivity index (χ0) is 17.0. The number of amides is 1. The molecule has 1 heterocycles. The Morgan fingerprint density at radius 1 is 1.36 bits per heavy atom. The highest BCUT2D eigenvalue weighted by Crippen LogP contribution is 2.19. The first kappa shape index (κ1) is 17.7. The van der Waals surface area contributed by atoms with E-state index in [4.69, 9.17) is 10.00 Å². The minimum atomic E-state index is -0.596. The van der Waals surface area contributed by atoms with Gasteiger partial charge in [0.25, 0.3) is 0 Å². The number of carbonyl (C=O) groups excluding carboxylic acids is 1. The minimum Gasteiger partial charge on any atom is -0.443 e. The van der Waals surface area contributed by atoms with E-state index < -0.39 is 11.7 Å². The van der Waals surface area contributed by atoms with E-state index >= 15 is 0 Å². The normalized spacial score (nSPS) is 11.5. The lowest BCUT2D eigenvalue weighted by atomic mass is 9.97. The quantitative estimate of drug-likeness (QED) is 0.863. The van der Waals surface area contributed by atoms with Crippen molar-refractivity contribution in [3.8, 4) is 6.07 Å². The van der Waals surface area contributed by atoms with Crippen LogP contribution < -0.4 is 10.4 Å². The molecule has 0 saturated carbocycles. The van der Waals surface area contributed by atoms with E-state index in [9.17, 15) is 4.79 Å². The molecular formula is C15H23N5O2. The Labute approximate surface area is 131 Å². The van der Waals surface area contributed by atoms with Gasteiger partial charge in [0.05, 0.1) is 0 Å². The van der Waals surface area contributed by atoms with Gasteiger partial charge in [-0.1, -0.05) is 20.8 Å². The molecule has 7 nitrogen and oxygen atoms in total. The Bertz CT molecular complexity index is 567. The molecule has 1 amide bonds. The molecule has 0 aliphatic carbocycles. The largest absolute Gasteiger partial charge is 0.443 e. The van der Waals surface area contributed by atoms with E-state index in [0.717, 1.165) is 0 Å². The van der Waals surface area contributed by atoms with E-state index in [1.807, 2.05) is 26.8 Å². The lowest BCUT2D eigenvalue weighted by molar-refractivity contribution is 0.0516. The first-order valence-corrected chi connectivity index (χ1v) is 7.00. The number of nitrogens with one attached hydrogen (secondary N) is 1. The zero-order valence-corrected chi connectivity index (χ0v) is 14.0. The number of anilines is 1. The van der Waals surface area contributed by atoms with Gasteiger partial charge in [-0.2, -0.15) is 10.2 Å². The molecule has 22 heavy (non-hydrogen) atoms. The maximum atomic E-state index is 12.0. The van der Waals surface area contributed by atoms with Crippen molar-refractivity contribution >= 4 is 11.9 Å². The summed E-state index contributed by atoms with van der Waals surface area (Å²) in [6.07, 6.45) is 0.904. The Morgan fingerprint density at radius 3 is 2.50 bits per heavy atom. The summed E-state index contributed by atoms with van der Waals surface area (Å²) in [5, 5.41) is 10.5. The molecule has 120 valence electrons. The second-order valence-corrected chi connectivity index (χ2v) is 7.11. The Balaban J connectivity index is 2.98. The van der Waals surface area contributed by atoms with Crippen molar-refractivity contribution in [1.29, 1.82) is 5.26 Å². The van der Waals surface area contributed by atoms with Crippen LogP contribution in [0.3, 0.4) is 0 Å². The predicted octanol–water partition coefficient (Wildman–Crippen LogP) is 2.64. The van der Waals surface area contributed by atoms with Gasteiger partial charge >= 0.3 is 6.09 Å². The van der Waals surface area contributed by atoms with Crippen LogP contribution in [-0.2, 0) is 4.74 Å². The van der Waals surface area contributed by atoms with Crippen LogP contribution in [0.1, 0.15) is 47.4 Å². The number of carbonyl (C=O) groups is 1. The second kappa shape index (κ2) is 6.60. The minimum absolute atomic E-state index is 0.0439. The molecular weight excluding hydrogens is 282 g/mol. The Kier molecular flexibility index (Phi) is 5.31. The average Bonchev–Trinajstić information content (AvgIpc) is 2.34. The summed E-state index contributed by atoms with van der Waals surface area (Å²) in [5.74, 6) is 0.481. The summed E-state index contributed by atoms with van der Waals surface area (Å²) in [6.45, 7) is 12.0. The topological polar surface area (TPSA) is 91.1 Å². The molecule has 7 heteroatoms. The van der Waals surface area contributed by atoms with Gasteiger partial charge in [0.1, 0.15) is 11.7 Å². The smallest absolute Gasteiger partial charge is 0.426 e. The van der Waals surface area contributed by atoms with E-state index in [1.54, 1.807) is 31.8 Å².